The number of rotatable bonds is 5. The summed E-state index contributed by atoms with van der Waals surface area (Å²) in [4.78, 5) is 0. The van der Waals surface area contributed by atoms with E-state index in [0.717, 1.165) is 36.6 Å². The second kappa shape index (κ2) is 6.26. The Balaban J connectivity index is 1.40. The van der Waals surface area contributed by atoms with Crippen molar-refractivity contribution in [2.75, 3.05) is 19.9 Å². The van der Waals surface area contributed by atoms with Gasteiger partial charge >= 0.3 is 0 Å². The summed E-state index contributed by atoms with van der Waals surface area (Å²) in [7, 11) is 0. The summed E-state index contributed by atoms with van der Waals surface area (Å²) < 4.78 is 16.4. The number of hydrogen-bond acceptors (Lipinski definition) is 4. The Morgan fingerprint density at radius 2 is 2.16 bits per heavy atom. The van der Waals surface area contributed by atoms with Crippen LogP contribution < -0.4 is 14.8 Å². The molecule has 19 heavy (non-hydrogen) atoms. The van der Waals surface area contributed by atoms with Crippen LogP contribution >= 0.6 is 0 Å². The van der Waals surface area contributed by atoms with E-state index in [-0.39, 0.29) is 0 Å². The largest absolute Gasteiger partial charge is 0.454 e. The van der Waals surface area contributed by atoms with Gasteiger partial charge in [-0.25, -0.2) is 0 Å². The maximum atomic E-state index is 5.75. The van der Waals surface area contributed by atoms with Gasteiger partial charge in [0.15, 0.2) is 11.5 Å². The SMILES string of the molecule is c1cc2c(cc1COCCC1CCCCN1)OCO2. The van der Waals surface area contributed by atoms with Crippen LogP contribution in [0.1, 0.15) is 31.2 Å². The first-order chi connectivity index (χ1) is 9.42. The number of benzene rings is 1. The van der Waals surface area contributed by atoms with Crippen molar-refractivity contribution in [3.05, 3.63) is 23.8 Å². The molecule has 2 aliphatic heterocycles. The Labute approximate surface area is 114 Å². The lowest BCUT2D eigenvalue weighted by Gasteiger charge is -2.23. The lowest BCUT2D eigenvalue weighted by Crippen LogP contribution is -2.34. The molecule has 1 fully saturated rings. The summed E-state index contributed by atoms with van der Waals surface area (Å²) in [5, 5.41) is 3.54. The summed E-state index contributed by atoms with van der Waals surface area (Å²) in [6.07, 6.45) is 5.05. The van der Waals surface area contributed by atoms with Crippen molar-refractivity contribution in [1.82, 2.24) is 5.32 Å². The maximum Gasteiger partial charge on any atom is 0.231 e. The van der Waals surface area contributed by atoms with E-state index in [1.165, 1.54) is 19.3 Å². The molecule has 2 aliphatic rings. The Hall–Kier alpha value is -1.26. The van der Waals surface area contributed by atoms with Crippen LogP contribution in [-0.4, -0.2) is 26.0 Å². The molecule has 0 saturated carbocycles. The Morgan fingerprint density at radius 1 is 1.21 bits per heavy atom. The third kappa shape index (κ3) is 3.39. The van der Waals surface area contributed by atoms with Crippen molar-refractivity contribution in [3.8, 4) is 11.5 Å². The molecule has 1 aromatic carbocycles. The average Bonchev–Trinajstić information content (AvgIpc) is 2.92. The predicted molar refractivity (Wildman–Crippen MR) is 72.5 cm³/mol. The molecule has 1 atom stereocenters. The Bertz CT molecular complexity index is 416. The molecule has 4 heteroatoms. The first-order valence-corrected chi connectivity index (χ1v) is 7.11. The molecule has 0 aliphatic carbocycles. The van der Waals surface area contributed by atoms with Crippen molar-refractivity contribution in [3.63, 3.8) is 0 Å². The molecule has 0 aromatic heterocycles. The van der Waals surface area contributed by atoms with Crippen LogP contribution in [0.3, 0.4) is 0 Å². The fourth-order valence-electron chi connectivity index (χ4n) is 2.62. The standard InChI is InChI=1S/C15H21NO3/c1-2-7-16-13(3-1)6-8-17-10-12-4-5-14-15(9-12)19-11-18-14/h4-5,9,13,16H,1-3,6-8,10-11H2. The monoisotopic (exact) mass is 263 g/mol. The highest BCUT2D eigenvalue weighted by molar-refractivity contribution is 5.44. The third-order valence-electron chi connectivity index (χ3n) is 3.73. The lowest BCUT2D eigenvalue weighted by molar-refractivity contribution is 0.108. The minimum atomic E-state index is 0.326. The Morgan fingerprint density at radius 3 is 3.05 bits per heavy atom. The van der Waals surface area contributed by atoms with Crippen LogP contribution in [0.4, 0.5) is 0 Å². The maximum absolute atomic E-state index is 5.75. The zero-order chi connectivity index (χ0) is 12.9. The lowest BCUT2D eigenvalue weighted by atomic mass is 10.0. The molecule has 4 nitrogen and oxygen atoms in total. The summed E-state index contributed by atoms with van der Waals surface area (Å²) in [5.74, 6) is 1.66. The molecule has 3 rings (SSSR count). The molecule has 1 aromatic rings. The van der Waals surface area contributed by atoms with Crippen molar-refractivity contribution < 1.29 is 14.2 Å². The molecular weight excluding hydrogens is 242 g/mol. The van der Waals surface area contributed by atoms with Crippen LogP contribution in [0.2, 0.25) is 0 Å². The second-order valence-corrected chi connectivity index (χ2v) is 5.18. The normalized spacial score (nSPS) is 21.6. The van der Waals surface area contributed by atoms with E-state index in [1.807, 2.05) is 18.2 Å². The van der Waals surface area contributed by atoms with Gasteiger partial charge in [-0.1, -0.05) is 12.5 Å². The number of nitrogens with one attached hydrogen (secondary N) is 1. The highest BCUT2D eigenvalue weighted by Crippen LogP contribution is 2.32. The molecule has 2 heterocycles. The average molecular weight is 263 g/mol. The number of ether oxygens (including phenoxy) is 3. The smallest absolute Gasteiger partial charge is 0.231 e. The molecule has 1 unspecified atom stereocenters. The Kier molecular flexibility index (Phi) is 4.20. The molecule has 0 spiro atoms. The van der Waals surface area contributed by atoms with Gasteiger partial charge in [0.25, 0.3) is 0 Å². The molecule has 0 amide bonds. The summed E-state index contributed by atoms with van der Waals surface area (Å²) >= 11 is 0. The highest BCUT2D eigenvalue weighted by atomic mass is 16.7. The summed E-state index contributed by atoms with van der Waals surface area (Å²) in [6.45, 7) is 2.94. The van der Waals surface area contributed by atoms with Crippen LogP contribution in [0, 0.1) is 0 Å². The minimum absolute atomic E-state index is 0.326. The van der Waals surface area contributed by atoms with Gasteiger partial charge < -0.3 is 19.5 Å². The number of fused-ring (bicyclic) bond motifs is 1. The molecule has 104 valence electrons. The zero-order valence-corrected chi connectivity index (χ0v) is 11.2. The first kappa shape index (κ1) is 12.8. The van der Waals surface area contributed by atoms with Gasteiger partial charge in [0.05, 0.1) is 6.61 Å². The topological polar surface area (TPSA) is 39.7 Å². The van der Waals surface area contributed by atoms with E-state index < -0.39 is 0 Å². The molecule has 0 radical (unpaired) electrons. The molecule has 1 N–H and O–H groups in total. The van der Waals surface area contributed by atoms with Crippen LogP contribution in [0.15, 0.2) is 18.2 Å². The van der Waals surface area contributed by atoms with E-state index >= 15 is 0 Å². The minimum Gasteiger partial charge on any atom is -0.454 e. The summed E-state index contributed by atoms with van der Waals surface area (Å²) in [5.41, 5.74) is 1.14. The van der Waals surface area contributed by atoms with Crippen molar-refractivity contribution in [2.24, 2.45) is 0 Å². The van der Waals surface area contributed by atoms with Crippen LogP contribution in [0.5, 0.6) is 11.5 Å². The third-order valence-corrected chi connectivity index (χ3v) is 3.73. The summed E-state index contributed by atoms with van der Waals surface area (Å²) in [6, 6.07) is 6.63. The number of hydrogen-bond donors (Lipinski definition) is 1. The first-order valence-electron chi connectivity index (χ1n) is 7.11. The fraction of sp³-hybridized carbons (Fsp3) is 0.600. The highest BCUT2D eigenvalue weighted by Gasteiger charge is 2.14. The van der Waals surface area contributed by atoms with Gasteiger partial charge in [-0.15, -0.1) is 0 Å². The van der Waals surface area contributed by atoms with Crippen molar-refractivity contribution in [1.29, 1.82) is 0 Å². The molecular formula is C15H21NO3. The number of piperidine rings is 1. The predicted octanol–water partition coefficient (Wildman–Crippen LogP) is 2.46. The molecule has 1 saturated heterocycles. The molecule has 0 bridgehead atoms. The van der Waals surface area contributed by atoms with E-state index in [9.17, 15) is 0 Å². The van der Waals surface area contributed by atoms with Gasteiger partial charge in [-0.3, -0.25) is 0 Å². The van der Waals surface area contributed by atoms with Crippen LogP contribution in [-0.2, 0) is 11.3 Å². The van der Waals surface area contributed by atoms with Crippen molar-refractivity contribution in [2.45, 2.75) is 38.3 Å². The van der Waals surface area contributed by atoms with Crippen LogP contribution in [0.25, 0.3) is 0 Å². The van der Waals surface area contributed by atoms with E-state index in [4.69, 9.17) is 14.2 Å². The van der Waals surface area contributed by atoms with Crippen molar-refractivity contribution >= 4 is 0 Å². The van der Waals surface area contributed by atoms with Gasteiger partial charge in [-0.2, -0.15) is 0 Å². The quantitative estimate of drug-likeness (QED) is 0.828. The van der Waals surface area contributed by atoms with Gasteiger partial charge in [-0.05, 0) is 43.5 Å². The fourth-order valence-corrected chi connectivity index (χ4v) is 2.62. The van der Waals surface area contributed by atoms with E-state index in [2.05, 4.69) is 5.32 Å². The van der Waals surface area contributed by atoms with E-state index in [0.29, 0.717) is 19.4 Å². The van der Waals surface area contributed by atoms with E-state index in [1.54, 1.807) is 0 Å². The van der Waals surface area contributed by atoms with Gasteiger partial charge in [0.2, 0.25) is 6.79 Å². The second-order valence-electron chi connectivity index (χ2n) is 5.18. The zero-order valence-electron chi connectivity index (χ0n) is 11.2. The van der Waals surface area contributed by atoms with Gasteiger partial charge in [0, 0.05) is 12.6 Å². The van der Waals surface area contributed by atoms with Gasteiger partial charge in [0.1, 0.15) is 0 Å².